The number of aromatic nitrogens is 1. The second kappa shape index (κ2) is 8.14. The molecule has 1 aliphatic rings. The van der Waals surface area contributed by atoms with Gasteiger partial charge in [0.1, 0.15) is 11.9 Å². The van der Waals surface area contributed by atoms with Gasteiger partial charge in [-0.25, -0.2) is 0 Å². The summed E-state index contributed by atoms with van der Waals surface area (Å²) in [6.07, 6.45) is 3.15. The van der Waals surface area contributed by atoms with E-state index < -0.39 is 0 Å². The van der Waals surface area contributed by atoms with E-state index in [9.17, 15) is 10.1 Å². The van der Waals surface area contributed by atoms with Crippen LogP contribution in [-0.2, 0) is 16.1 Å². The smallest absolute Gasteiger partial charge is 0.239 e. The highest BCUT2D eigenvalue weighted by Gasteiger charge is 2.21. The number of nitrogens with one attached hydrogen (secondary N) is 1. The van der Waals surface area contributed by atoms with Crippen molar-refractivity contribution in [1.82, 2.24) is 9.47 Å². The van der Waals surface area contributed by atoms with Crippen LogP contribution in [-0.4, -0.2) is 48.7 Å². The summed E-state index contributed by atoms with van der Waals surface area (Å²) in [7, 11) is 1.67. The SMILES string of the molecule is COCCCn1c(C)c(C)c(C#N)c1NC(=O)CN1CCCC1. The molecule has 0 aromatic carbocycles. The number of methoxy groups -OCH3 is 1. The zero-order valence-electron chi connectivity index (χ0n) is 14.3. The Bertz CT molecular complexity index is 595. The molecule has 2 rings (SSSR count). The lowest BCUT2D eigenvalue weighted by Crippen LogP contribution is -2.31. The van der Waals surface area contributed by atoms with Gasteiger partial charge in [0.05, 0.1) is 12.1 Å². The Morgan fingerprint density at radius 1 is 1.35 bits per heavy atom. The highest BCUT2D eigenvalue weighted by molar-refractivity contribution is 5.93. The van der Waals surface area contributed by atoms with E-state index in [0.29, 0.717) is 24.5 Å². The summed E-state index contributed by atoms with van der Waals surface area (Å²) >= 11 is 0. The predicted octanol–water partition coefficient (Wildman–Crippen LogP) is 2.05. The molecule has 1 N–H and O–H groups in total. The predicted molar refractivity (Wildman–Crippen MR) is 89.4 cm³/mol. The number of rotatable bonds is 7. The largest absolute Gasteiger partial charge is 0.385 e. The quantitative estimate of drug-likeness (QED) is 0.781. The number of nitriles is 1. The van der Waals surface area contributed by atoms with E-state index >= 15 is 0 Å². The zero-order valence-corrected chi connectivity index (χ0v) is 14.3. The number of carbonyl (C=O) groups is 1. The van der Waals surface area contributed by atoms with Gasteiger partial charge in [-0.15, -0.1) is 0 Å². The Kier molecular flexibility index (Phi) is 6.20. The second-order valence-electron chi connectivity index (χ2n) is 6.08. The lowest BCUT2D eigenvalue weighted by molar-refractivity contribution is -0.117. The molecule has 0 bridgehead atoms. The van der Waals surface area contributed by atoms with Crippen LogP contribution in [0, 0.1) is 25.2 Å². The van der Waals surface area contributed by atoms with Crippen LogP contribution in [0.5, 0.6) is 0 Å². The maximum Gasteiger partial charge on any atom is 0.239 e. The van der Waals surface area contributed by atoms with Gasteiger partial charge >= 0.3 is 0 Å². The minimum atomic E-state index is -0.0473. The fourth-order valence-electron chi connectivity index (χ4n) is 3.09. The minimum absolute atomic E-state index is 0.0473. The van der Waals surface area contributed by atoms with Gasteiger partial charge in [0.25, 0.3) is 0 Å². The number of amides is 1. The van der Waals surface area contributed by atoms with Gasteiger partial charge in [-0.05, 0) is 51.8 Å². The molecular formula is C17H26N4O2. The fraction of sp³-hybridized carbons (Fsp3) is 0.647. The summed E-state index contributed by atoms with van der Waals surface area (Å²) in [5, 5.41) is 12.4. The first-order valence-electron chi connectivity index (χ1n) is 8.19. The summed E-state index contributed by atoms with van der Waals surface area (Å²) in [5.41, 5.74) is 2.52. The van der Waals surface area contributed by atoms with Crippen molar-refractivity contribution in [2.75, 3.05) is 38.7 Å². The van der Waals surface area contributed by atoms with Crippen LogP contribution < -0.4 is 5.32 Å². The van der Waals surface area contributed by atoms with E-state index in [1.807, 2.05) is 18.4 Å². The van der Waals surface area contributed by atoms with Crippen LogP contribution in [0.2, 0.25) is 0 Å². The van der Waals surface area contributed by atoms with Crippen molar-refractivity contribution < 1.29 is 9.53 Å². The summed E-state index contributed by atoms with van der Waals surface area (Å²) in [5.74, 6) is 0.580. The first-order valence-corrected chi connectivity index (χ1v) is 8.19. The maximum absolute atomic E-state index is 12.3. The number of carbonyl (C=O) groups excluding carboxylic acids is 1. The normalized spacial score (nSPS) is 14.9. The maximum atomic E-state index is 12.3. The molecule has 0 saturated carbocycles. The van der Waals surface area contributed by atoms with E-state index in [0.717, 1.165) is 50.2 Å². The van der Waals surface area contributed by atoms with Crippen molar-refractivity contribution in [1.29, 1.82) is 5.26 Å². The lowest BCUT2D eigenvalue weighted by atomic mass is 10.2. The molecule has 0 radical (unpaired) electrons. The summed E-state index contributed by atoms with van der Waals surface area (Å²) < 4.78 is 7.13. The third kappa shape index (κ3) is 4.12. The first-order chi connectivity index (χ1) is 11.1. The van der Waals surface area contributed by atoms with Gasteiger partial charge in [0.15, 0.2) is 0 Å². The van der Waals surface area contributed by atoms with Crippen LogP contribution in [0.3, 0.4) is 0 Å². The zero-order chi connectivity index (χ0) is 16.8. The van der Waals surface area contributed by atoms with E-state index in [1.165, 1.54) is 0 Å². The molecule has 0 atom stereocenters. The molecular weight excluding hydrogens is 292 g/mol. The van der Waals surface area contributed by atoms with E-state index in [-0.39, 0.29) is 5.91 Å². The average molecular weight is 318 g/mol. The van der Waals surface area contributed by atoms with E-state index in [2.05, 4.69) is 16.3 Å². The number of likely N-dealkylation sites (tertiary alicyclic amines) is 1. The molecule has 6 nitrogen and oxygen atoms in total. The topological polar surface area (TPSA) is 70.3 Å². The van der Waals surface area contributed by atoms with Gasteiger partial charge in [-0.1, -0.05) is 0 Å². The summed E-state index contributed by atoms with van der Waals surface area (Å²) in [4.78, 5) is 14.5. The molecule has 1 saturated heterocycles. The molecule has 2 heterocycles. The minimum Gasteiger partial charge on any atom is -0.385 e. The van der Waals surface area contributed by atoms with E-state index in [4.69, 9.17) is 4.74 Å². The highest BCUT2D eigenvalue weighted by atomic mass is 16.5. The Morgan fingerprint density at radius 2 is 2.04 bits per heavy atom. The number of anilines is 1. The fourth-order valence-corrected chi connectivity index (χ4v) is 3.09. The van der Waals surface area contributed by atoms with Gasteiger partial charge < -0.3 is 14.6 Å². The molecule has 126 valence electrons. The van der Waals surface area contributed by atoms with Crippen LogP contribution >= 0.6 is 0 Å². The molecule has 6 heteroatoms. The van der Waals surface area contributed by atoms with Crippen molar-refractivity contribution in [3.63, 3.8) is 0 Å². The van der Waals surface area contributed by atoms with Crippen molar-refractivity contribution in [2.45, 2.75) is 39.7 Å². The molecule has 0 spiro atoms. The van der Waals surface area contributed by atoms with Gasteiger partial charge in [-0.3, -0.25) is 9.69 Å². The number of hydrogen-bond donors (Lipinski definition) is 1. The second-order valence-corrected chi connectivity index (χ2v) is 6.08. The lowest BCUT2D eigenvalue weighted by Gasteiger charge is -2.16. The molecule has 1 aliphatic heterocycles. The number of hydrogen-bond acceptors (Lipinski definition) is 4. The van der Waals surface area contributed by atoms with Crippen molar-refractivity contribution in [3.8, 4) is 6.07 Å². The molecule has 0 unspecified atom stereocenters. The molecule has 1 aromatic heterocycles. The van der Waals surface area contributed by atoms with Crippen LogP contribution in [0.15, 0.2) is 0 Å². The Labute approximate surface area is 138 Å². The Balaban J connectivity index is 2.15. The molecule has 23 heavy (non-hydrogen) atoms. The van der Waals surface area contributed by atoms with E-state index in [1.54, 1.807) is 7.11 Å². The van der Waals surface area contributed by atoms with Crippen molar-refractivity contribution in [3.05, 3.63) is 16.8 Å². The van der Waals surface area contributed by atoms with Crippen LogP contribution in [0.25, 0.3) is 0 Å². The number of nitrogens with zero attached hydrogens (tertiary/aromatic N) is 3. The highest BCUT2D eigenvalue weighted by Crippen LogP contribution is 2.26. The third-order valence-corrected chi connectivity index (χ3v) is 4.50. The monoisotopic (exact) mass is 318 g/mol. The molecule has 1 fully saturated rings. The van der Waals surface area contributed by atoms with Gasteiger partial charge in [0, 0.05) is 26.0 Å². The Morgan fingerprint density at radius 3 is 2.65 bits per heavy atom. The van der Waals surface area contributed by atoms with Gasteiger partial charge in [0.2, 0.25) is 5.91 Å². The van der Waals surface area contributed by atoms with Crippen molar-refractivity contribution in [2.24, 2.45) is 0 Å². The van der Waals surface area contributed by atoms with Crippen molar-refractivity contribution >= 4 is 11.7 Å². The van der Waals surface area contributed by atoms with Crippen LogP contribution in [0.1, 0.15) is 36.1 Å². The average Bonchev–Trinajstić information content (AvgIpc) is 3.10. The van der Waals surface area contributed by atoms with Gasteiger partial charge in [-0.2, -0.15) is 5.26 Å². The van der Waals surface area contributed by atoms with Crippen LogP contribution in [0.4, 0.5) is 5.82 Å². The molecule has 1 amide bonds. The standard InChI is InChI=1S/C17H26N4O2/c1-13-14(2)21(9-6-10-23-3)17(15(13)11-18)19-16(22)12-20-7-4-5-8-20/h4-10,12H2,1-3H3,(H,19,22). The Hall–Kier alpha value is -1.84. The third-order valence-electron chi connectivity index (χ3n) is 4.50. The summed E-state index contributed by atoms with van der Waals surface area (Å²) in [6, 6.07) is 2.23. The number of ether oxygens (including phenoxy) is 1. The summed E-state index contributed by atoms with van der Waals surface area (Å²) in [6.45, 7) is 7.64. The first kappa shape index (κ1) is 17.5. The molecule has 0 aliphatic carbocycles. The molecule has 1 aromatic rings.